The molecular formula is C35H44O23. The highest BCUT2D eigenvalue weighted by atomic mass is 16.7. The molecule has 1 aromatic heterocycles. The Bertz CT molecular complexity index is 1970. The molecule has 3 fully saturated rings. The van der Waals surface area contributed by atoms with Crippen molar-refractivity contribution in [3.05, 3.63) is 28.4 Å². The Morgan fingerprint density at radius 3 is 2.03 bits per heavy atom. The number of hydrogen-bond donors (Lipinski definition) is 12. The molecule has 6 rings (SSSR count). The van der Waals surface area contributed by atoms with Crippen LogP contribution in [0.15, 0.2) is 27.4 Å². The molecule has 0 spiro atoms. The predicted molar refractivity (Wildman–Crippen MR) is 186 cm³/mol. The van der Waals surface area contributed by atoms with Crippen LogP contribution in [-0.4, -0.2) is 188 Å². The fourth-order valence-corrected chi connectivity index (χ4v) is 6.69. The highest BCUT2D eigenvalue weighted by molar-refractivity contribution is 5.96. The third-order valence-corrected chi connectivity index (χ3v) is 9.90. The van der Waals surface area contributed by atoms with E-state index in [1.807, 2.05) is 0 Å². The van der Waals surface area contributed by atoms with Crippen molar-refractivity contribution in [3.8, 4) is 51.6 Å². The molecule has 2 aromatic carbocycles. The number of aromatic hydroxyl groups is 3. The van der Waals surface area contributed by atoms with Crippen molar-refractivity contribution < 1.29 is 108 Å². The molecule has 58 heavy (non-hydrogen) atoms. The van der Waals surface area contributed by atoms with Crippen LogP contribution in [0.4, 0.5) is 0 Å². The second-order valence-corrected chi connectivity index (χ2v) is 13.5. The zero-order valence-electron chi connectivity index (χ0n) is 30.8. The van der Waals surface area contributed by atoms with Gasteiger partial charge >= 0.3 is 0 Å². The van der Waals surface area contributed by atoms with Crippen LogP contribution in [0.5, 0.6) is 40.2 Å². The minimum atomic E-state index is -2.15. The van der Waals surface area contributed by atoms with Crippen LogP contribution in [0.25, 0.3) is 22.3 Å². The van der Waals surface area contributed by atoms with Crippen molar-refractivity contribution in [2.24, 2.45) is 0 Å². The van der Waals surface area contributed by atoms with E-state index in [1.165, 1.54) is 25.3 Å². The fourth-order valence-electron chi connectivity index (χ4n) is 6.69. The highest BCUT2D eigenvalue weighted by Gasteiger charge is 2.52. The quantitative estimate of drug-likeness (QED) is 0.0829. The average molecular weight is 833 g/mol. The van der Waals surface area contributed by atoms with Gasteiger partial charge in [-0.15, -0.1) is 0 Å². The molecule has 322 valence electrons. The number of benzene rings is 2. The highest BCUT2D eigenvalue weighted by Crippen LogP contribution is 2.51. The summed E-state index contributed by atoms with van der Waals surface area (Å²) in [5.74, 6) is -4.51. The number of aliphatic hydroxyl groups excluding tert-OH is 9. The monoisotopic (exact) mass is 832 g/mol. The van der Waals surface area contributed by atoms with Crippen LogP contribution in [0, 0.1) is 0 Å². The summed E-state index contributed by atoms with van der Waals surface area (Å²) in [4.78, 5) is 14.5. The van der Waals surface area contributed by atoms with Crippen LogP contribution < -0.4 is 24.4 Å². The Labute approximate surface area is 326 Å². The lowest BCUT2D eigenvalue weighted by molar-refractivity contribution is -0.349. The van der Waals surface area contributed by atoms with E-state index in [4.69, 9.17) is 47.0 Å². The molecule has 0 amide bonds. The smallest absolute Gasteiger partial charge is 0.239 e. The average Bonchev–Trinajstić information content (AvgIpc) is 3.20. The molecule has 12 N–H and O–H groups in total. The molecule has 3 aliphatic heterocycles. The van der Waals surface area contributed by atoms with Crippen molar-refractivity contribution in [3.63, 3.8) is 0 Å². The molecule has 3 aliphatic rings. The number of fused-ring (bicyclic) bond motifs is 1. The molecule has 5 unspecified atom stereocenters. The Balaban J connectivity index is 1.44. The van der Waals surface area contributed by atoms with E-state index >= 15 is 0 Å². The molecule has 0 radical (unpaired) electrons. The lowest BCUT2D eigenvalue weighted by atomic mass is 9.97. The van der Waals surface area contributed by atoms with Gasteiger partial charge in [0.1, 0.15) is 72.5 Å². The maximum Gasteiger partial charge on any atom is 0.239 e. The minimum absolute atomic E-state index is 0.0348. The molecule has 3 saturated heterocycles. The largest absolute Gasteiger partial charge is 0.504 e. The predicted octanol–water partition coefficient (Wildman–Crippen LogP) is -3.93. The van der Waals surface area contributed by atoms with E-state index in [0.29, 0.717) is 0 Å². The molecule has 0 bridgehead atoms. The summed E-state index contributed by atoms with van der Waals surface area (Å²) in [5.41, 5.74) is -1.74. The van der Waals surface area contributed by atoms with E-state index in [9.17, 15) is 66.1 Å². The van der Waals surface area contributed by atoms with E-state index < -0.39 is 157 Å². The molecule has 23 nitrogen and oxygen atoms in total. The first-order valence-corrected chi connectivity index (χ1v) is 17.5. The van der Waals surface area contributed by atoms with E-state index in [2.05, 4.69) is 0 Å². The lowest BCUT2D eigenvalue weighted by Gasteiger charge is -2.45. The number of aliphatic hydroxyl groups is 9. The van der Waals surface area contributed by atoms with Crippen molar-refractivity contribution in [1.29, 1.82) is 0 Å². The Hall–Kier alpha value is -4.31. The molecule has 14 atom stereocenters. The first-order chi connectivity index (χ1) is 27.6. The van der Waals surface area contributed by atoms with Crippen molar-refractivity contribution in [2.45, 2.75) is 86.0 Å². The van der Waals surface area contributed by atoms with Gasteiger partial charge in [-0.2, -0.15) is 0 Å². The number of methoxy groups -OCH3 is 3. The zero-order valence-corrected chi connectivity index (χ0v) is 30.8. The molecule has 0 saturated carbocycles. The van der Waals surface area contributed by atoms with Gasteiger partial charge in [-0.3, -0.25) is 4.79 Å². The second kappa shape index (κ2) is 17.5. The van der Waals surface area contributed by atoms with Gasteiger partial charge in [-0.05, 0) is 18.2 Å². The maximum absolute atomic E-state index is 14.5. The van der Waals surface area contributed by atoms with Gasteiger partial charge in [0, 0.05) is 5.56 Å². The number of hydrogen-bond acceptors (Lipinski definition) is 23. The van der Waals surface area contributed by atoms with Gasteiger partial charge in [0.25, 0.3) is 0 Å². The van der Waals surface area contributed by atoms with Crippen LogP contribution in [0.3, 0.4) is 0 Å². The number of phenols is 3. The molecular weight excluding hydrogens is 788 g/mol. The molecule has 0 aliphatic carbocycles. The van der Waals surface area contributed by atoms with E-state index in [0.717, 1.165) is 14.2 Å². The maximum atomic E-state index is 14.5. The molecule has 3 aromatic rings. The van der Waals surface area contributed by atoms with Crippen LogP contribution >= 0.6 is 0 Å². The van der Waals surface area contributed by atoms with Crippen molar-refractivity contribution >= 4 is 11.0 Å². The van der Waals surface area contributed by atoms with E-state index in [1.54, 1.807) is 0 Å². The van der Waals surface area contributed by atoms with Gasteiger partial charge in [-0.1, -0.05) is 0 Å². The Kier molecular flexibility index (Phi) is 13.1. The third-order valence-electron chi connectivity index (χ3n) is 9.90. The summed E-state index contributed by atoms with van der Waals surface area (Å²) in [6, 6.07) is 3.65. The standard InChI is InChI=1S/C35H44O23/c1-49-13-6-10(4-5-11(13)37)27-32(21(43)16-20(42)29(50-2)25(47)31(51-3)28(16)56-27)58-35-26(48)30(57-34-23(45)17(39)12(38)8-52-34)19(41)15(55-35)9-53-33-24(46)22(44)18(40)14(7-36)54-33/h4-6,12,14-15,17-19,22-24,26,30,33-42,44-48H,7-9H2,1-3H3/t12-,14?,15?,17-,18-,19-,22-,23?,24?,26?,30-,33+,34-,35-/m0/s1. The summed E-state index contributed by atoms with van der Waals surface area (Å²) >= 11 is 0. The van der Waals surface area contributed by atoms with Crippen LogP contribution in [-0.2, 0) is 23.7 Å². The summed E-state index contributed by atoms with van der Waals surface area (Å²) in [5, 5.41) is 126. The first kappa shape index (κ1) is 43.3. The van der Waals surface area contributed by atoms with Crippen molar-refractivity contribution in [1.82, 2.24) is 0 Å². The van der Waals surface area contributed by atoms with Crippen LogP contribution in [0.2, 0.25) is 0 Å². The number of phenolic OH excluding ortho intramolecular Hbond substituents is 3. The zero-order chi connectivity index (χ0) is 42.3. The van der Waals surface area contributed by atoms with Gasteiger partial charge < -0.3 is 108 Å². The van der Waals surface area contributed by atoms with Gasteiger partial charge in [0.05, 0.1) is 41.2 Å². The summed E-state index contributed by atoms with van der Waals surface area (Å²) < 4.78 is 55.5. The SMILES string of the molecule is COc1cc(-c2oc3c(OC)c(O)c(OC)c(O)c3c(=O)c2O[C@@H]2OC(CO[C@@H]3OC(CO)[C@H](O)[C@H](O)C3O)[C@H](O)[C@H](O[C@@H]3OC[C@H](O)[C@H](O)C3O)C2O)ccc1O. The van der Waals surface area contributed by atoms with Gasteiger partial charge in [0.2, 0.25) is 34.7 Å². The summed E-state index contributed by atoms with van der Waals surface area (Å²) in [6.07, 6.45) is -25.5. The summed E-state index contributed by atoms with van der Waals surface area (Å²) in [7, 11) is 3.43. The Morgan fingerprint density at radius 1 is 0.707 bits per heavy atom. The normalized spacial score (nSPS) is 34.1. The molecule has 4 heterocycles. The topological polar surface area (TPSA) is 356 Å². The first-order valence-electron chi connectivity index (χ1n) is 17.5. The van der Waals surface area contributed by atoms with Gasteiger partial charge in [-0.25, -0.2) is 0 Å². The lowest BCUT2D eigenvalue weighted by Crippen LogP contribution is -2.64. The number of rotatable bonds is 12. The van der Waals surface area contributed by atoms with Crippen molar-refractivity contribution in [2.75, 3.05) is 41.2 Å². The van der Waals surface area contributed by atoms with Gasteiger partial charge in [0.15, 0.2) is 41.2 Å². The summed E-state index contributed by atoms with van der Waals surface area (Å²) in [6.45, 7) is -2.15. The minimum Gasteiger partial charge on any atom is -0.504 e. The third kappa shape index (κ3) is 7.78. The number of ether oxygens (including phenoxy) is 9. The Morgan fingerprint density at radius 2 is 1.38 bits per heavy atom. The second-order valence-electron chi connectivity index (χ2n) is 13.5. The van der Waals surface area contributed by atoms with Crippen LogP contribution in [0.1, 0.15) is 0 Å². The molecule has 23 heteroatoms. The van der Waals surface area contributed by atoms with E-state index in [-0.39, 0.29) is 17.1 Å². The fraction of sp³-hybridized carbons (Fsp3) is 0.571.